The van der Waals surface area contributed by atoms with Crippen LogP contribution in [-0.4, -0.2) is 47.4 Å². The van der Waals surface area contributed by atoms with Gasteiger partial charge in [0.15, 0.2) is 0 Å². The predicted octanol–water partition coefficient (Wildman–Crippen LogP) is 3.52. The van der Waals surface area contributed by atoms with Crippen LogP contribution in [0.5, 0.6) is 0 Å². The maximum absolute atomic E-state index is 14.0. The summed E-state index contributed by atoms with van der Waals surface area (Å²) < 4.78 is 42.1. The number of carbonyl (C=O) groups is 1. The lowest BCUT2D eigenvalue weighted by Gasteiger charge is -2.32. The SMILES string of the molecule is O=CC1NC=Cc2cc(-c3cncnc3)nc(Nc3ccc(N4CCNCC4)c(C(F)(F)F)c3)c21. The fourth-order valence-electron chi connectivity index (χ4n) is 4.31. The maximum Gasteiger partial charge on any atom is 0.418 e. The van der Waals surface area contributed by atoms with Gasteiger partial charge in [0.05, 0.1) is 11.3 Å². The summed E-state index contributed by atoms with van der Waals surface area (Å²) in [5, 5.41) is 9.14. The number of piperazine rings is 1. The minimum atomic E-state index is -4.54. The van der Waals surface area contributed by atoms with Gasteiger partial charge in [-0.2, -0.15) is 13.2 Å². The van der Waals surface area contributed by atoms with E-state index in [9.17, 15) is 18.0 Å². The van der Waals surface area contributed by atoms with Gasteiger partial charge in [-0.3, -0.25) is 0 Å². The Hall–Kier alpha value is -3.99. The number of halogens is 3. The molecule has 8 nitrogen and oxygen atoms in total. The van der Waals surface area contributed by atoms with Gasteiger partial charge in [-0.15, -0.1) is 0 Å². The summed E-state index contributed by atoms with van der Waals surface area (Å²) in [6.45, 7) is 2.23. The van der Waals surface area contributed by atoms with Crippen molar-refractivity contribution in [1.82, 2.24) is 25.6 Å². The fourth-order valence-corrected chi connectivity index (χ4v) is 4.31. The summed E-state index contributed by atoms with van der Waals surface area (Å²) in [5.74, 6) is 0.276. The molecule has 0 bridgehead atoms. The van der Waals surface area contributed by atoms with E-state index in [0.29, 0.717) is 48.6 Å². The monoisotopic (exact) mass is 481 g/mol. The normalized spacial score (nSPS) is 17.5. The Bertz CT molecular complexity index is 1260. The second-order valence-electron chi connectivity index (χ2n) is 8.19. The molecule has 0 spiro atoms. The fraction of sp³-hybridized carbons (Fsp3) is 0.250. The third-order valence-electron chi connectivity index (χ3n) is 5.96. The minimum absolute atomic E-state index is 0.144. The maximum atomic E-state index is 14.0. The highest BCUT2D eigenvalue weighted by Gasteiger charge is 2.35. The second-order valence-corrected chi connectivity index (χ2v) is 8.19. The molecule has 1 saturated heterocycles. The van der Waals surface area contributed by atoms with Crippen LogP contribution in [0.3, 0.4) is 0 Å². The number of pyridine rings is 1. The summed E-state index contributed by atoms with van der Waals surface area (Å²) in [7, 11) is 0. The van der Waals surface area contributed by atoms with Crippen LogP contribution in [0.2, 0.25) is 0 Å². The van der Waals surface area contributed by atoms with Gasteiger partial charge in [-0.05, 0) is 42.1 Å². The van der Waals surface area contributed by atoms with E-state index in [1.807, 2.05) is 0 Å². The highest BCUT2D eigenvalue weighted by molar-refractivity contribution is 5.80. The summed E-state index contributed by atoms with van der Waals surface area (Å²) >= 11 is 0. The van der Waals surface area contributed by atoms with Crippen molar-refractivity contribution in [3.63, 3.8) is 0 Å². The first-order valence-electron chi connectivity index (χ1n) is 11.1. The van der Waals surface area contributed by atoms with Crippen molar-refractivity contribution in [3.8, 4) is 11.3 Å². The Balaban J connectivity index is 1.58. The van der Waals surface area contributed by atoms with Crippen LogP contribution in [0, 0.1) is 0 Å². The number of nitrogens with one attached hydrogen (secondary N) is 3. The molecule has 1 fully saturated rings. The van der Waals surface area contributed by atoms with Gasteiger partial charge in [-0.1, -0.05) is 0 Å². The van der Waals surface area contributed by atoms with Crippen LogP contribution < -0.4 is 20.9 Å². The molecule has 35 heavy (non-hydrogen) atoms. The second kappa shape index (κ2) is 9.34. The van der Waals surface area contributed by atoms with E-state index < -0.39 is 17.8 Å². The quantitative estimate of drug-likeness (QED) is 0.477. The number of nitrogens with zero attached hydrogens (tertiary/aromatic N) is 4. The molecule has 180 valence electrons. The number of alkyl halides is 3. The van der Waals surface area contributed by atoms with Crippen LogP contribution in [0.25, 0.3) is 17.3 Å². The first-order valence-corrected chi connectivity index (χ1v) is 11.1. The van der Waals surface area contributed by atoms with Gasteiger partial charge in [0.1, 0.15) is 24.5 Å². The van der Waals surface area contributed by atoms with Crippen LogP contribution >= 0.6 is 0 Å². The Morgan fingerprint density at radius 1 is 1.11 bits per heavy atom. The number of fused-ring (bicyclic) bond motifs is 1. The highest BCUT2D eigenvalue weighted by Crippen LogP contribution is 2.40. The summed E-state index contributed by atoms with van der Waals surface area (Å²) in [6, 6.07) is 5.26. The molecule has 11 heteroatoms. The molecule has 0 aliphatic carbocycles. The molecule has 3 aromatic rings. The molecule has 2 aromatic heterocycles. The minimum Gasteiger partial charge on any atom is -0.378 e. The number of hydrogen-bond donors (Lipinski definition) is 3. The number of aldehydes is 1. The highest BCUT2D eigenvalue weighted by atomic mass is 19.4. The molecule has 0 radical (unpaired) electrons. The zero-order valence-corrected chi connectivity index (χ0v) is 18.5. The lowest BCUT2D eigenvalue weighted by Crippen LogP contribution is -2.44. The van der Waals surface area contributed by atoms with E-state index in [2.05, 4.69) is 30.9 Å². The zero-order chi connectivity index (χ0) is 24.4. The standard InChI is InChI=1S/C24H22F3N7O/c25-24(26,27)18-10-17(1-2-21(18)34-7-5-28-6-8-34)32-23-22-15(3-4-31-20(22)13-35)9-19(33-23)16-11-29-14-30-12-16/h1-4,9-14,20,28,31H,5-8H2,(H,32,33). The predicted molar refractivity (Wildman–Crippen MR) is 126 cm³/mol. The van der Waals surface area contributed by atoms with Crippen molar-refractivity contribution >= 4 is 29.6 Å². The number of benzene rings is 1. The van der Waals surface area contributed by atoms with Crippen LogP contribution in [0.15, 0.2) is 49.2 Å². The Labute approximate surface area is 199 Å². The molecule has 1 unspecified atom stereocenters. The van der Waals surface area contributed by atoms with E-state index in [1.165, 1.54) is 12.4 Å². The van der Waals surface area contributed by atoms with Crippen molar-refractivity contribution in [2.75, 3.05) is 36.4 Å². The number of anilines is 3. The van der Waals surface area contributed by atoms with Crippen LogP contribution in [-0.2, 0) is 11.0 Å². The first-order chi connectivity index (χ1) is 16.9. The Morgan fingerprint density at radius 2 is 1.89 bits per heavy atom. The van der Waals surface area contributed by atoms with Crippen LogP contribution in [0.4, 0.5) is 30.4 Å². The molecular weight excluding hydrogens is 459 g/mol. The van der Waals surface area contributed by atoms with Gasteiger partial charge in [0.25, 0.3) is 0 Å². The lowest BCUT2D eigenvalue weighted by atomic mass is 9.97. The molecule has 5 rings (SSSR count). The van der Waals surface area contributed by atoms with E-state index in [1.54, 1.807) is 41.7 Å². The largest absolute Gasteiger partial charge is 0.418 e. The molecular formula is C24H22F3N7O. The van der Waals surface area contributed by atoms with Gasteiger partial charge in [0.2, 0.25) is 0 Å². The van der Waals surface area contributed by atoms with Gasteiger partial charge in [-0.25, -0.2) is 15.0 Å². The van der Waals surface area contributed by atoms with Crippen molar-refractivity contribution in [1.29, 1.82) is 0 Å². The molecule has 1 atom stereocenters. The topological polar surface area (TPSA) is 95.1 Å². The van der Waals surface area contributed by atoms with E-state index in [-0.39, 0.29) is 17.2 Å². The Kier molecular flexibility index (Phi) is 6.08. The third-order valence-corrected chi connectivity index (χ3v) is 5.96. The molecule has 4 heterocycles. The molecule has 1 aromatic carbocycles. The van der Waals surface area contributed by atoms with E-state index in [4.69, 9.17) is 0 Å². The third kappa shape index (κ3) is 4.67. The summed E-state index contributed by atoms with van der Waals surface area (Å²) in [4.78, 5) is 26.2. The van der Waals surface area contributed by atoms with Crippen molar-refractivity contribution in [2.24, 2.45) is 0 Å². The van der Waals surface area contributed by atoms with Crippen molar-refractivity contribution < 1.29 is 18.0 Å². The summed E-state index contributed by atoms with van der Waals surface area (Å²) in [5.41, 5.74) is 2.05. The molecule has 0 amide bonds. The Morgan fingerprint density at radius 3 is 2.60 bits per heavy atom. The lowest BCUT2D eigenvalue weighted by molar-refractivity contribution is -0.137. The van der Waals surface area contributed by atoms with Crippen molar-refractivity contribution in [2.45, 2.75) is 12.2 Å². The number of hydrogen-bond acceptors (Lipinski definition) is 8. The van der Waals surface area contributed by atoms with E-state index >= 15 is 0 Å². The van der Waals surface area contributed by atoms with Crippen molar-refractivity contribution in [3.05, 3.63) is 65.9 Å². The first kappa shape index (κ1) is 22.8. The van der Waals surface area contributed by atoms with Gasteiger partial charge < -0.3 is 25.6 Å². The molecule has 0 saturated carbocycles. The van der Waals surface area contributed by atoms with E-state index in [0.717, 1.165) is 12.4 Å². The van der Waals surface area contributed by atoms with Crippen LogP contribution in [0.1, 0.15) is 22.7 Å². The summed E-state index contributed by atoms with van der Waals surface area (Å²) in [6.07, 6.45) is 4.21. The van der Waals surface area contributed by atoms with Gasteiger partial charge >= 0.3 is 6.18 Å². The average molecular weight is 481 g/mol. The van der Waals surface area contributed by atoms with Gasteiger partial charge in [0, 0.05) is 61.1 Å². The number of carbonyl (C=O) groups excluding carboxylic acids is 1. The zero-order valence-electron chi connectivity index (χ0n) is 18.5. The smallest absolute Gasteiger partial charge is 0.378 e. The number of rotatable bonds is 5. The molecule has 2 aliphatic rings. The average Bonchev–Trinajstić information content (AvgIpc) is 2.88. The number of aromatic nitrogens is 3. The molecule has 2 aliphatic heterocycles. The molecule has 3 N–H and O–H groups in total.